The van der Waals surface area contributed by atoms with Crippen LogP contribution in [0.4, 0.5) is 0 Å². The molecule has 0 aromatic heterocycles. The van der Waals surface area contributed by atoms with Crippen LogP contribution in [-0.4, -0.2) is 45.6 Å². The first-order valence-electron chi connectivity index (χ1n) is 10.4. The van der Waals surface area contributed by atoms with Crippen LogP contribution in [0.25, 0.3) is 0 Å². The quantitative estimate of drug-likeness (QED) is 0.754. The van der Waals surface area contributed by atoms with E-state index >= 15 is 0 Å². The number of ketones is 4. The summed E-state index contributed by atoms with van der Waals surface area (Å²) in [5.41, 5.74) is 0.379. The fourth-order valence-electron chi connectivity index (χ4n) is 4.36. The Balaban J connectivity index is 2.06. The van der Waals surface area contributed by atoms with Gasteiger partial charge in [-0.15, -0.1) is 0 Å². The van der Waals surface area contributed by atoms with Gasteiger partial charge >= 0.3 is 0 Å². The number of carbonyl (C=O) groups is 4. The zero-order valence-electron chi connectivity index (χ0n) is 17.7. The fourth-order valence-corrected chi connectivity index (χ4v) is 4.36. The number of fused-ring (bicyclic) bond motifs is 2. The van der Waals surface area contributed by atoms with Crippen LogP contribution in [0.1, 0.15) is 68.1 Å². The van der Waals surface area contributed by atoms with Crippen LogP contribution in [0.15, 0.2) is 70.8 Å². The molecule has 2 aliphatic carbocycles. The molecule has 0 saturated heterocycles. The lowest BCUT2D eigenvalue weighted by atomic mass is 9.72. The largest absolute Gasteiger partial charge is 0.393 e. The van der Waals surface area contributed by atoms with Crippen molar-refractivity contribution in [3.8, 4) is 0 Å². The van der Waals surface area contributed by atoms with Gasteiger partial charge in [-0.25, -0.2) is 0 Å². The Morgan fingerprint density at radius 1 is 0.562 bits per heavy atom. The lowest BCUT2D eigenvalue weighted by Crippen LogP contribution is -2.31. The SMILES string of the molecule is CC(O)CC1=C(C2=C(CC(C)O)C(=O)c3ccccc3C2=O)C(=O)c2ccccc2C1=O. The highest BCUT2D eigenvalue weighted by atomic mass is 16.3. The minimum atomic E-state index is -0.954. The van der Waals surface area contributed by atoms with Crippen LogP contribution in [0.2, 0.25) is 0 Å². The molecule has 0 saturated carbocycles. The molecule has 2 aromatic carbocycles. The monoisotopic (exact) mass is 430 g/mol. The van der Waals surface area contributed by atoms with Crippen LogP contribution in [-0.2, 0) is 0 Å². The first-order chi connectivity index (χ1) is 15.2. The Morgan fingerprint density at radius 2 is 0.844 bits per heavy atom. The minimum Gasteiger partial charge on any atom is -0.393 e. The van der Waals surface area contributed by atoms with Gasteiger partial charge in [0.25, 0.3) is 0 Å². The summed E-state index contributed by atoms with van der Waals surface area (Å²) >= 11 is 0. The lowest BCUT2D eigenvalue weighted by molar-refractivity contribution is 0.0939. The van der Waals surface area contributed by atoms with E-state index < -0.39 is 35.3 Å². The van der Waals surface area contributed by atoms with Crippen molar-refractivity contribution in [1.29, 1.82) is 0 Å². The second-order valence-corrected chi connectivity index (χ2v) is 8.22. The second-order valence-electron chi connectivity index (χ2n) is 8.22. The maximum Gasteiger partial charge on any atom is 0.194 e. The van der Waals surface area contributed by atoms with Gasteiger partial charge in [0.2, 0.25) is 0 Å². The molecule has 0 spiro atoms. The van der Waals surface area contributed by atoms with Gasteiger partial charge < -0.3 is 10.2 Å². The number of carbonyl (C=O) groups excluding carboxylic acids is 4. The van der Waals surface area contributed by atoms with Crippen molar-refractivity contribution in [2.45, 2.75) is 38.9 Å². The van der Waals surface area contributed by atoms with Gasteiger partial charge in [0.05, 0.1) is 12.2 Å². The van der Waals surface area contributed by atoms with E-state index in [0.29, 0.717) is 0 Å². The topological polar surface area (TPSA) is 109 Å². The molecule has 0 radical (unpaired) electrons. The first-order valence-corrected chi connectivity index (χ1v) is 10.4. The van der Waals surface area contributed by atoms with Crippen molar-refractivity contribution in [3.63, 3.8) is 0 Å². The molecule has 2 aliphatic rings. The molecule has 0 aliphatic heterocycles. The average molecular weight is 430 g/mol. The van der Waals surface area contributed by atoms with Crippen molar-refractivity contribution >= 4 is 23.1 Å². The maximum atomic E-state index is 13.6. The van der Waals surface area contributed by atoms with Crippen LogP contribution >= 0.6 is 0 Å². The van der Waals surface area contributed by atoms with Gasteiger partial charge in [0.15, 0.2) is 23.1 Å². The van der Waals surface area contributed by atoms with Crippen LogP contribution in [0.3, 0.4) is 0 Å². The van der Waals surface area contributed by atoms with Crippen molar-refractivity contribution < 1.29 is 29.4 Å². The molecular formula is C26H22O6. The third-order valence-electron chi connectivity index (χ3n) is 5.69. The number of rotatable bonds is 5. The molecule has 32 heavy (non-hydrogen) atoms. The summed E-state index contributed by atoms with van der Waals surface area (Å²) in [6.07, 6.45) is -2.21. The van der Waals surface area contributed by atoms with Crippen molar-refractivity contribution in [2.24, 2.45) is 0 Å². The molecule has 2 unspecified atom stereocenters. The number of aliphatic hydroxyl groups is 2. The Hall–Kier alpha value is -3.48. The molecule has 0 fully saturated rings. The summed E-state index contributed by atoms with van der Waals surface area (Å²) in [7, 11) is 0. The number of Topliss-reactive ketones (excluding diaryl/α,β-unsaturated/α-hetero) is 4. The molecule has 0 bridgehead atoms. The van der Waals surface area contributed by atoms with Gasteiger partial charge in [0.1, 0.15) is 0 Å². The minimum absolute atomic E-state index is 0.00215. The van der Waals surface area contributed by atoms with Gasteiger partial charge in [0, 0.05) is 57.4 Å². The van der Waals surface area contributed by atoms with E-state index in [2.05, 4.69) is 0 Å². The Kier molecular flexibility index (Phi) is 5.59. The zero-order valence-corrected chi connectivity index (χ0v) is 17.7. The van der Waals surface area contributed by atoms with E-state index in [4.69, 9.17) is 0 Å². The van der Waals surface area contributed by atoms with Gasteiger partial charge in [-0.05, 0) is 13.8 Å². The Morgan fingerprint density at radius 3 is 1.12 bits per heavy atom. The van der Waals surface area contributed by atoms with Gasteiger partial charge in [-0.1, -0.05) is 48.5 Å². The molecule has 6 nitrogen and oxygen atoms in total. The summed E-state index contributed by atoms with van der Waals surface area (Å²) in [5, 5.41) is 20.1. The third-order valence-corrected chi connectivity index (χ3v) is 5.69. The number of benzene rings is 2. The zero-order chi connectivity index (χ0) is 23.2. The molecule has 4 rings (SSSR count). The summed E-state index contributed by atoms with van der Waals surface area (Å²) < 4.78 is 0. The van der Waals surface area contributed by atoms with Crippen LogP contribution in [0, 0.1) is 0 Å². The number of hydrogen-bond donors (Lipinski definition) is 2. The summed E-state index contributed by atoms with van der Waals surface area (Å²) in [5.74, 6) is -2.01. The third kappa shape index (κ3) is 3.47. The van der Waals surface area contributed by atoms with Crippen molar-refractivity contribution in [2.75, 3.05) is 0 Å². The van der Waals surface area contributed by atoms with E-state index in [1.165, 1.54) is 38.1 Å². The van der Waals surface area contributed by atoms with Crippen LogP contribution < -0.4 is 0 Å². The van der Waals surface area contributed by atoms with Gasteiger partial charge in [-0.3, -0.25) is 19.2 Å². The summed E-state index contributed by atoms with van der Waals surface area (Å²) in [6, 6.07) is 12.6. The average Bonchev–Trinajstić information content (AvgIpc) is 2.76. The highest BCUT2D eigenvalue weighted by Crippen LogP contribution is 2.39. The molecule has 2 aromatic rings. The van der Waals surface area contributed by atoms with Gasteiger partial charge in [-0.2, -0.15) is 0 Å². The number of hydrogen-bond acceptors (Lipinski definition) is 6. The maximum absolute atomic E-state index is 13.6. The van der Waals surface area contributed by atoms with Crippen LogP contribution in [0.5, 0.6) is 0 Å². The first kappa shape index (κ1) is 21.7. The summed E-state index contributed by atoms with van der Waals surface area (Å²) in [6.45, 7) is 2.97. The Labute approximate surface area is 184 Å². The fraction of sp³-hybridized carbons (Fsp3) is 0.231. The molecule has 0 heterocycles. The number of aliphatic hydroxyl groups excluding tert-OH is 2. The smallest absolute Gasteiger partial charge is 0.194 e. The number of allylic oxidation sites excluding steroid dienone is 2. The van der Waals surface area contributed by atoms with Crippen molar-refractivity contribution in [1.82, 2.24) is 0 Å². The molecule has 6 heteroatoms. The van der Waals surface area contributed by atoms with E-state index in [1.54, 1.807) is 24.3 Å². The second kappa shape index (κ2) is 8.22. The molecular weight excluding hydrogens is 408 g/mol. The molecule has 0 amide bonds. The predicted molar refractivity (Wildman–Crippen MR) is 117 cm³/mol. The van der Waals surface area contributed by atoms with E-state index in [-0.39, 0.29) is 57.4 Å². The van der Waals surface area contributed by atoms with E-state index in [9.17, 15) is 29.4 Å². The standard InChI is InChI=1S/C26H22O6/c1-13(27)11-19-21(25(31)17-9-5-3-7-15(17)23(19)29)22-20(12-14(2)28)24(30)16-8-4-6-10-18(16)26(22)32/h3-10,13-14,27-28H,11-12H2,1-2H3. The highest BCUT2D eigenvalue weighted by Gasteiger charge is 2.41. The lowest BCUT2D eigenvalue weighted by Gasteiger charge is -2.28. The van der Waals surface area contributed by atoms with Crippen molar-refractivity contribution in [3.05, 3.63) is 93.1 Å². The molecule has 2 N–H and O–H groups in total. The van der Waals surface area contributed by atoms with E-state index in [1.807, 2.05) is 0 Å². The predicted octanol–water partition coefficient (Wildman–Crippen LogP) is 3.28. The van der Waals surface area contributed by atoms with E-state index in [0.717, 1.165) is 0 Å². The highest BCUT2D eigenvalue weighted by molar-refractivity contribution is 6.37. The normalized spacial score (nSPS) is 18.0. The molecule has 162 valence electrons. The Bertz CT molecular complexity index is 1140. The summed E-state index contributed by atoms with van der Waals surface area (Å²) in [4.78, 5) is 53.8. The molecule has 2 atom stereocenters.